The molecule has 0 aliphatic heterocycles. The second-order valence-electron chi connectivity index (χ2n) is 4.49. The maximum atomic E-state index is 5.88. The van der Waals surface area contributed by atoms with Crippen molar-refractivity contribution < 1.29 is 14.2 Å². The Hall–Kier alpha value is -1.26. The van der Waals surface area contributed by atoms with Crippen LogP contribution in [0.2, 0.25) is 0 Å². The molecule has 0 bridgehead atoms. The molecule has 1 aromatic rings. The highest BCUT2D eigenvalue weighted by Crippen LogP contribution is 2.29. The Balaban J connectivity index is 2.65. The zero-order valence-corrected chi connectivity index (χ0v) is 12.4. The van der Waals surface area contributed by atoms with Crippen molar-refractivity contribution in [3.05, 3.63) is 23.8 Å². The molecule has 1 aromatic carbocycles. The fraction of sp³-hybridized carbons (Fsp3) is 0.600. The van der Waals surface area contributed by atoms with E-state index in [0.29, 0.717) is 6.61 Å². The molecule has 0 saturated carbocycles. The third-order valence-corrected chi connectivity index (χ3v) is 2.94. The third kappa shape index (κ3) is 5.49. The lowest BCUT2D eigenvalue weighted by molar-refractivity contribution is 0.199. The van der Waals surface area contributed by atoms with Crippen LogP contribution in [0.25, 0.3) is 0 Å². The summed E-state index contributed by atoms with van der Waals surface area (Å²) in [4.78, 5) is 0. The second-order valence-corrected chi connectivity index (χ2v) is 4.49. The Labute approximate surface area is 116 Å². The summed E-state index contributed by atoms with van der Waals surface area (Å²) < 4.78 is 16.2. The molecular formula is C15H25NO3. The topological polar surface area (TPSA) is 39.7 Å². The van der Waals surface area contributed by atoms with Gasteiger partial charge in [-0.25, -0.2) is 0 Å². The average Bonchev–Trinajstić information content (AvgIpc) is 2.43. The van der Waals surface area contributed by atoms with Crippen molar-refractivity contribution in [1.29, 1.82) is 0 Å². The highest BCUT2D eigenvalue weighted by Gasteiger charge is 2.08. The minimum absolute atomic E-state index is 0.186. The molecule has 1 N–H and O–H groups in total. The first-order chi connectivity index (χ1) is 9.21. The van der Waals surface area contributed by atoms with E-state index in [1.807, 2.05) is 18.2 Å². The fourth-order valence-corrected chi connectivity index (χ4v) is 1.63. The SMILES string of the molecule is CCC(C)Oc1cc(CNCCOC)ccc1OC. The van der Waals surface area contributed by atoms with Crippen molar-refractivity contribution in [3.63, 3.8) is 0 Å². The summed E-state index contributed by atoms with van der Waals surface area (Å²) >= 11 is 0. The van der Waals surface area contributed by atoms with Crippen molar-refractivity contribution in [2.75, 3.05) is 27.4 Å². The molecular weight excluding hydrogens is 242 g/mol. The zero-order valence-electron chi connectivity index (χ0n) is 12.4. The van der Waals surface area contributed by atoms with E-state index in [4.69, 9.17) is 14.2 Å². The Morgan fingerprint density at radius 3 is 2.63 bits per heavy atom. The lowest BCUT2D eigenvalue weighted by Crippen LogP contribution is -2.18. The fourth-order valence-electron chi connectivity index (χ4n) is 1.63. The number of methoxy groups -OCH3 is 2. The lowest BCUT2D eigenvalue weighted by atomic mass is 10.2. The van der Waals surface area contributed by atoms with E-state index < -0.39 is 0 Å². The Kier molecular flexibility index (Phi) is 7.30. The van der Waals surface area contributed by atoms with Crippen LogP contribution >= 0.6 is 0 Å². The van der Waals surface area contributed by atoms with Crippen LogP contribution in [0.4, 0.5) is 0 Å². The van der Waals surface area contributed by atoms with E-state index in [-0.39, 0.29) is 6.10 Å². The standard InChI is InChI=1S/C15H25NO3/c1-5-12(2)19-15-10-13(6-7-14(15)18-4)11-16-8-9-17-3/h6-7,10,12,16H,5,8-9,11H2,1-4H3. The van der Waals surface area contributed by atoms with Crippen LogP contribution in [-0.4, -0.2) is 33.5 Å². The third-order valence-electron chi connectivity index (χ3n) is 2.94. The first-order valence-corrected chi connectivity index (χ1v) is 6.74. The number of nitrogens with one attached hydrogen (secondary N) is 1. The van der Waals surface area contributed by atoms with Crippen molar-refractivity contribution >= 4 is 0 Å². The summed E-state index contributed by atoms with van der Waals surface area (Å²) in [7, 11) is 3.36. The van der Waals surface area contributed by atoms with Crippen LogP contribution in [0, 0.1) is 0 Å². The number of rotatable bonds is 9. The Morgan fingerprint density at radius 2 is 2.00 bits per heavy atom. The monoisotopic (exact) mass is 267 g/mol. The van der Waals surface area contributed by atoms with Crippen LogP contribution in [0.1, 0.15) is 25.8 Å². The van der Waals surface area contributed by atoms with E-state index in [0.717, 1.165) is 31.0 Å². The van der Waals surface area contributed by atoms with Crippen molar-refractivity contribution in [3.8, 4) is 11.5 Å². The normalized spacial score (nSPS) is 12.2. The molecule has 108 valence electrons. The van der Waals surface area contributed by atoms with Crippen molar-refractivity contribution in [1.82, 2.24) is 5.32 Å². The van der Waals surface area contributed by atoms with Crippen LogP contribution in [0.15, 0.2) is 18.2 Å². The smallest absolute Gasteiger partial charge is 0.161 e. The molecule has 0 aliphatic carbocycles. The molecule has 1 unspecified atom stereocenters. The van der Waals surface area contributed by atoms with Gasteiger partial charge in [-0.05, 0) is 31.0 Å². The second kappa shape index (κ2) is 8.77. The highest BCUT2D eigenvalue weighted by atomic mass is 16.5. The van der Waals surface area contributed by atoms with Gasteiger partial charge in [0.1, 0.15) is 0 Å². The number of hydrogen-bond acceptors (Lipinski definition) is 4. The molecule has 0 saturated heterocycles. The molecule has 0 fully saturated rings. The maximum absolute atomic E-state index is 5.88. The summed E-state index contributed by atoms with van der Waals surface area (Å²) in [6.45, 7) is 6.51. The summed E-state index contributed by atoms with van der Waals surface area (Å²) in [5.74, 6) is 1.59. The Bertz CT molecular complexity index is 368. The van der Waals surface area contributed by atoms with E-state index in [9.17, 15) is 0 Å². The number of benzene rings is 1. The summed E-state index contributed by atoms with van der Waals surface area (Å²) in [6.07, 6.45) is 1.16. The molecule has 4 nitrogen and oxygen atoms in total. The summed E-state index contributed by atoms with van der Waals surface area (Å²) in [5.41, 5.74) is 1.18. The van der Waals surface area contributed by atoms with Gasteiger partial charge in [-0.15, -0.1) is 0 Å². The van der Waals surface area contributed by atoms with Gasteiger partial charge in [0.25, 0.3) is 0 Å². The molecule has 0 heterocycles. The predicted molar refractivity (Wildman–Crippen MR) is 77.0 cm³/mol. The van der Waals surface area contributed by atoms with Gasteiger partial charge in [0.15, 0.2) is 11.5 Å². The Morgan fingerprint density at radius 1 is 1.21 bits per heavy atom. The van der Waals surface area contributed by atoms with Crippen molar-refractivity contribution in [2.45, 2.75) is 32.9 Å². The van der Waals surface area contributed by atoms with E-state index in [1.165, 1.54) is 5.56 Å². The van der Waals surface area contributed by atoms with E-state index in [2.05, 4.69) is 19.2 Å². The quantitative estimate of drug-likeness (QED) is 0.698. The molecule has 1 atom stereocenters. The van der Waals surface area contributed by atoms with Gasteiger partial charge in [-0.2, -0.15) is 0 Å². The van der Waals surface area contributed by atoms with Crippen LogP contribution in [0.5, 0.6) is 11.5 Å². The van der Waals surface area contributed by atoms with Gasteiger partial charge in [0, 0.05) is 20.2 Å². The van der Waals surface area contributed by atoms with Crippen LogP contribution in [0.3, 0.4) is 0 Å². The predicted octanol–water partition coefficient (Wildman–Crippen LogP) is 2.61. The zero-order chi connectivity index (χ0) is 14.1. The van der Waals surface area contributed by atoms with E-state index >= 15 is 0 Å². The number of ether oxygens (including phenoxy) is 3. The lowest BCUT2D eigenvalue weighted by Gasteiger charge is -2.16. The van der Waals surface area contributed by atoms with Gasteiger partial charge >= 0.3 is 0 Å². The molecule has 1 rings (SSSR count). The molecule has 4 heteroatoms. The van der Waals surface area contributed by atoms with Crippen molar-refractivity contribution in [2.24, 2.45) is 0 Å². The summed E-state index contributed by atoms with van der Waals surface area (Å²) in [6, 6.07) is 6.03. The van der Waals surface area contributed by atoms with Crippen LogP contribution in [-0.2, 0) is 11.3 Å². The van der Waals surface area contributed by atoms with Gasteiger partial charge in [-0.3, -0.25) is 0 Å². The molecule has 19 heavy (non-hydrogen) atoms. The minimum atomic E-state index is 0.186. The largest absolute Gasteiger partial charge is 0.493 e. The van der Waals surface area contributed by atoms with E-state index in [1.54, 1.807) is 14.2 Å². The molecule has 0 spiro atoms. The first kappa shape index (κ1) is 15.8. The molecule has 0 aromatic heterocycles. The molecule has 0 aliphatic rings. The van der Waals surface area contributed by atoms with Gasteiger partial charge in [-0.1, -0.05) is 13.0 Å². The molecule has 0 amide bonds. The average molecular weight is 267 g/mol. The maximum Gasteiger partial charge on any atom is 0.161 e. The highest BCUT2D eigenvalue weighted by molar-refractivity contribution is 5.43. The number of hydrogen-bond donors (Lipinski definition) is 1. The molecule has 0 radical (unpaired) electrons. The first-order valence-electron chi connectivity index (χ1n) is 6.74. The minimum Gasteiger partial charge on any atom is -0.493 e. The van der Waals surface area contributed by atoms with Gasteiger partial charge < -0.3 is 19.5 Å². The summed E-state index contributed by atoms with van der Waals surface area (Å²) in [5, 5.41) is 3.31. The van der Waals surface area contributed by atoms with Gasteiger partial charge in [0.2, 0.25) is 0 Å². The van der Waals surface area contributed by atoms with Gasteiger partial charge in [0.05, 0.1) is 19.8 Å². The van der Waals surface area contributed by atoms with Crippen LogP contribution < -0.4 is 14.8 Å².